The molecular weight excluding hydrogens is 961 g/mol. The van der Waals surface area contributed by atoms with Crippen LogP contribution in [0.25, 0.3) is 60.3 Å². The number of benzene rings is 11. The Labute approximate surface area is 456 Å². The number of hydrogen-bond donors (Lipinski definition) is 0. The molecule has 2 heterocycles. The number of aromatic nitrogens is 1. The molecule has 4 bridgehead atoms. The van der Waals surface area contributed by atoms with Crippen molar-refractivity contribution >= 4 is 66.7 Å². The van der Waals surface area contributed by atoms with Gasteiger partial charge in [-0.3, -0.25) is 9.59 Å². The molecule has 0 atom stereocenters. The highest BCUT2D eigenvalue weighted by atomic mass is 16.1. The summed E-state index contributed by atoms with van der Waals surface area (Å²) in [6.45, 7) is 4.71. The van der Waals surface area contributed by atoms with Gasteiger partial charge in [0.05, 0.1) is 34.1 Å². The van der Waals surface area contributed by atoms with Gasteiger partial charge in [-0.05, 0) is 138 Å². The number of carbonyl (C=O) groups is 2. The molecule has 0 aliphatic heterocycles. The Kier molecular flexibility index (Phi) is 8.42. The summed E-state index contributed by atoms with van der Waals surface area (Å²) >= 11 is 0. The van der Waals surface area contributed by atoms with Crippen molar-refractivity contribution in [3.8, 4) is 22.3 Å². The minimum absolute atomic E-state index is 0.119. The summed E-state index contributed by atoms with van der Waals surface area (Å²) in [7, 11) is 0. The SMILES string of the molecule is CC1(C)c2ccccc2-c2ccc(N(c3cc4c5cc6c(cc5n5c7cc8c(cc7c(c3)c45)C3c4ccccc4C(C8=O)c4ccccc43)C(=O)C3c4ccccc4C6c4ccccc43)c3ccccc3-c3ccccc3)cc21. The number of fused-ring (bicyclic) bond motifs is 9. The number of anilines is 3. The number of carbonyl (C=O) groups excluding carboxylic acids is 2. The predicted molar refractivity (Wildman–Crippen MR) is 319 cm³/mol. The van der Waals surface area contributed by atoms with Crippen LogP contribution < -0.4 is 4.90 Å². The summed E-state index contributed by atoms with van der Waals surface area (Å²) in [5.41, 5.74) is 26.2. The molecule has 0 N–H and O–H groups in total. The van der Waals surface area contributed by atoms with Crippen LogP contribution >= 0.6 is 0 Å². The molecular formula is C75H48N2O2. The van der Waals surface area contributed by atoms with E-state index in [1.165, 1.54) is 44.5 Å². The minimum Gasteiger partial charge on any atom is -0.310 e. The first kappa shape index (κ1) is 43.5. The van der Waals surface area contributed by atoms with Gasteiger partial charge in [0.2, 0.25) is 0 Å². The van der Waals surface area contributed by atoms with Crippen molar-refractivity contribution in [1.29, 1.82) is 0 Å². The Morgan fingerprint density at radius 2 is 0.772 bits per heavy atom. The van der Waals surface area contributed by atoms with Crippen LogP contribution in [0.4, 0.5) is 17.1 Å². The van der Waals surface area contributed by atoms with Gasteiger partial charge in [0.15, 0.2) is 11.6 Å². The van der Waals surface area contributed by atoms with Crippen LogP contribution in [0.1, 0.15) is 125 Å². The molecule has 11 aromatic carbocycles. The van der Waals surface area contributed by atoms with Crippen molar-refractivity contribution in [2.45, 2.75) is 42.9 Å². The van der Waals surface area contributed by atoms with Crippen LogP contribution in [-0.4, -0.2) is 16.0 Å². The van der Waals surface area contributed by atoms with Crippen LogP contribution in [0, 0.1) is 0 Å². The molecule has 0 unspecified atom stereocenters. The zero-order valence-corrected chi connectivity index (χ0v) is 43.5. The Hall–Kier alpha value is -9.64. The second kappa shape index (κ2) is 15.3. The van der Waals surface area contributed by atoms with Crippen molar-refractivity contribution in [2.75, 3.05) is 4.90 Å². The molecule has 79 heavy (non-hydrogen) atoms. The first-order chi connectivity index (χ1) is 38.8. The van der Waals surface area contributed by atoms with E-state index in [1.54, 1.807) is 0 Å². The van der Waals surface area contributed by atoms with Gasteiger partial charge >= 0.3 is 0 Å². The molecule has 0 fully saturated rings. The van der Waals surface area contributed by atoms with Gasteiger partial charge in [-0.15, -0.1) is 0 Å². The second-order valence-electron chi connectivity index (χ2n) is 23.2. The van der Waals surface area contributed by atoms with E-state index < -0.39 is 11.8 Å². The van der Waals surface area contributed by atoms with E-state index >= 15 is 9.59 Å². The van der Waals surface area contributed by atoms with Gasteiger partial charge in [0.25, 0.3) is 0 Å². The highest BCUT2D eigenvalue weighted by molar-refractivity contribution is 6.27. The van der Waals surface area contributed by atoms with E-state index in [2.05, 4.69) is 254 Å². The standard InChI is InChI=1S/C75H48N2O2/c1-75(2)63-30-16-14-21-45(63)46-33-32-42(36-64(46)75)76(65-31-17-15-20-44(65)41-18-4-3-5-19-41)43-34-59-55-37-57-61(73(78)70-51-26-10-6-22-47(51)68(57)48-23-7-11-27-52(48)70)39-66(55)77-67-40-62-58(38-56(67)60(35-43)72(59)77)69-49-24-8-12-28-53(49)71(74(62)79)54-29-13-9-25-50(54)69/h3-40,68-71H,1-2H3. The largest absolute Gasteiger partial charge is 0.310 e. The summed E-state index contributed by atoms with van der Waals surface area (Å²) in [5, 5.41) is 4.37. The third-order valence-corrected chi connectivity index (χ3v) is 19.2. The summed E-state index contributed by atoms with van der Waals surface area (Å²) in [4.78, 5) is 33.8. The number of para-hydroxylation sites is 1. The molecule has 4 heteroatoms. The zero-order chi connectivity index (χ0) is 52.2. The third kappa shape index (κ3) is 5.53. The molecule has 7 aliphatic rings. The van der Waals surface area contributed by atoms with E-state index in [0.717, 1.165) is 111 Å². The van der Waals surface area contributed by atoms with E-state index in [4.69, 9.17) is 0 Å². The summed E-state index contributed by atoms with van der Waals surface area (Å²) in [6.07, 6.45) is 0. The Bertz CT molecular complexity index is 4600. The number of ketones is 2. The van der Waals surface area contributed by atoms with Crippen LogP contribution in [0.2, 0.25) is 0 Å². The number of Topliss-reactive ketones (excluding diaryl/α,β-unsaturated/α-hetero) is 2. The lowest BCUT2D eigenvalue weighted by molar-refractivity contribution is 0.0966. The minimum atomic E-state index is -0.407. The summed E-state index contributed by atoms with van der Waals surface area (Å²) in [6, 6.07) is 83.9. The quantitative estimate of drug-likeness (QED) is 0.176. The summed E-state index contributed by atoms with van der Waals surface area (Å²) in [5.74, 6) is -0.797. The smallest absolute Gasteiger partial charge is 0.175 e. The lowest BCUT2D eigenvalue weighted by Gasteiger charge is -2.30. The number of nitrogens with zero attached hydrogens (tertiary/aromatic N) is 2. The van der Waals surface area contributed by atoms with E-state index in [-0.39, 0.29) is 28.8 Å². The molecule has 0 amide bonds. The molecule has 0 radical (unpaired) electrons. The topological polar surface area (TPSA) is 41.8 Å². The fourth-order valence-corrected chi connectivity index (χ4v) is 15.8. The van der Waals surface area contributed by atoms with Gasteiger partial charge < -0.3 is 9.30 Å². The molecule has 0 spiro atoms. The van der Waals surface area contributed by atoms with Crippen molar-refractivity contribution in [1.82, 2.24) is 4.40 Å². The highest BCUT2D eigenvalue weighted by Gasteiger charge is 2.45. The average molecular weight is 1010 g/mol. The van der Waals surface area contributed by atoms with Crippen LogP contribution in [0.15, 0.2) is 231 Å². The molecule has 4 nitrogen and oxygen atoms in total. The van der Waals surface area contributed by atoms with Crippen molar-refractivity contribution in [2.24, 2.45) is 0 Å². The van der Waals surface area contributed by atoms with Crippen LogP contribution in [0.5, 0.6) is 0 Å². The number of hydrogen-bond acceptors (Lipinski definition) is 3. The monoisotopic (exact) mass is 1010 g/mol. The van der Waals surface area contributed by atoms with E-state index in [1.807, 2.05) is 0 Å². The second-order valence-corrected chi connectivity index (χ2v) is 23.2. The lowest BCUT2D eigenvalue weighted by Crippen LogP contribution is -2.19. The van der Waals surface area contributed by atoms with Gasteiger partial charge in [0.1, 0.15) is 0 Å². The Morgan fingerprint density at radius 1 is 0.342 bits per heavy atom. The van der Waals surface area contributed by atoms with Gasteiger partial charge in [0, 0.05) is 66.9 Å². The molecule has 13 aromatic rings. The Morgan fingerprint density at radius 3 is 1.29 bits per heavy atom. The predicted octanol–water partition coefficient (Wildman–Crippen LogP) is 17.9. The first-order valence-electron chi connectivity index (χ1n) is 27.8. The van der Waals surface area contributed by atoms with E-state index in [0.29, 0.717) is 0 Å². The fourth-order valence-electron chi connectivity index (χ4n) is 15.8. The van der Waals surface area contributed by atoms with Crippen molar-refractivity contribution < 1.29 is 9.59 Å². The Balaban J connectivity index is 0.974. The molecule has 2 aromatic heterocycles. The maximum Gasteiger partial charge on any atom is 0.175 e. The van der Waals surface area contributed by atoms with Gasteiger partial charge in [-0.25, -0.2) is 0 Å². The molecule has 370 valence electrons. The molecule has 20 rings (SSSR count). The lowest BCUT2D eigenvalue weighted by atomic mass is 9.72. The summed E-state index contributed by atoms with van der Waals surface area (Å²) < 4.78 is 2.40. The van der Waals surface area contributed by atoms with Gasteiger partial charge in [-0.1, -0.05) is 190 Å². The normalized spacial score (nSPS) is 18.4. The zero-order valence-electron chi connectivity index (χ0n) is 43.5. The molecule has 0 saturated carbocycles. The van der Waals surface area contributed by atoms with Crippen LogP contribution in [0.3, 0.4) is 0 Å². The molecule has 0 saturated heterocycles. The highest BCUT2D eigenvalue weighted by Crippen LogP contribution is 2.57. The number of rotatable bonds is 4. The van der Waals surface area contributed by atoms with E-state index in [9.17, 15) is 0 Å². The maximum absolute atomic E-state index is 15.6. The molecule has 7 aliphatic carbocycles. The van der Waals surface area contributed by atoms with Crippen molar-refractivity contribution in [3.63, 3.8) is 0 Å². The van der Waals surface area contributed by atoms with Gasteiger partial charge in [-0.2, -0.15) is 0 Å². The first-order valence-corrected chi connectivity index (χ1v) is 27.8. The fraction of sp³-hybridized carbons (Fsp3) is 0.0933. The average Bonchev–Trinajstić information content (AvgIpc) is 2.99. The maximum atomic E-state index is 15.6. The van der Waals surface area contributed by atoms with Crippen molar-refractivity contribution in [3.05, 3.63) is 308 Å². The third-order valence-electron chi connectivity index (χ3n) is 19.2. The van der Waals surface area contributed by atoms with Crippen LogP contribution in [-0.2, 0) is 5.41 Å².